The molecule has 0 radical (unpaired) electrons. The predicted octanol–water partition coefficient (Wildman–Crippen LogP) is 2.85. The standard InChI is InChI=1S/C19H30N2O2.ClH/c1-14-10-15(2)12-16(11-14)23-9-7-20-18-5-3-4-17(18)19-13-22-8-6-21-19;/h10-12,17-21H,3-9,13H2,1-2H3;1H. The highest BCUT2D eigenvalue weighted by atomic mass is 35.5. The zero-order chi connectivity index (χ0) is 16.1. The van der Waals surface area contributed by atoms with Gasteiger partial charge in [0.25, 0.3) is 0 Å². The molecule has 0 aromatic heterocycles. The van der Waals surface area contributed by atoms with Gasteiger partial charge in [0.05, 0.1) is 13.2 Å². The van der Waals surface area contributed by atoms with Crippen LogP contribution in [0.25, 0.3) is 0 Å². The summed E-state index contributed by atoms with van der Waals surface area (Å²) in [6, 6.07) is 7.50. The summed E-state index contributed by atoms with van der Waals surface area (Å²) in [6.45, 7) is 8.56. The van der Waals surface area contributed by atoms with Gasteiger partial charge in [0.15, 0.2) is 0 Å². The van der Waals surface area contributed by atoms with Gasteiger partial charge in [-0.25, -0.2) is 0 Å². The molecule has 3 atom stereocenters. The molecule has 4 nitrogen and oxygen atoms in total. The summed E-state index contributed by atoms with van der Waals surface area (Å²) in [7, 11) is 0. The normalized spacial score (nSPS) is 26.8. The zero-order valence-electron chi connectivity index (χ0n) is 14.8. The molecular formula is C19H31ClN2O2. The molecule has 24 heavy (non-hydrogen) atoms. The number of ether oxygens (including phenoxy) is 2. The molecule has 1 aliphatic carbocycles. The highest BCUT2D eigenvalue weighted by Crippen LogP contribution is 2.29. The summed E-state index contributed by atoms with van der Waals surface area (Å²) in [5.41, 5.74) is 2.51. The lowest BCUT2D eigenvalue weighted by atomic mass is 9.94. The molecule has 1 aromatic rings. The Hall–Kier alpha value is -0.810. The highest BCUT2D eigenvalue weighted by molar-refractivity contribution is 5.85. The lowest BCUT2D eigenvalue weighted by Crippen LogP contribution is -2.51. The minimum absolute atomic E-state index is 0. The van der Waals surface area contributed by atoms with Crippen LogP contribution in [0.1, 0.15) is 30.4 Å². The monoisotopic (exact) mass is 354 g/mol. The van der Waals surface area contributed by atoms with Crippen LogP contribution < -0.4 is 15.4 Å². The molecule has 1 saturated carbocycles. The number of morpholine rings is 1. The van der Waals surface area contributed by atoms with Crippen LogP contribution in [0.2, 0.25) is 0 Å². The Labute approximate surface area is 152 Å². The van der Waals surface area contributed by atoms with Crippen molar-refractivity contribution >= 4 is 12.4 Å². The van der Waals surface area contributed by atoms with Crippen LogP contribution in [0.3, 0.4) is 0 Å². The third kappa shape index (κ3) is 5.35. The molecule has 0 amide bonds. The van der Waals surface area contributed by atoms with E-state index in [1.807, 2.05) is 0 Å². The predicted molar refractivity (Wildman–Crippen MR) is 100 cm³/mol. The van der Waals surface area contributed by atoms with E-state index in [1.54, 1.807) is 0 Å². The van der Waals surface area contributed by atoms with Crippen LogP contribution in [0, 0.1) is 19.8 Å². The van der Waals surface area contributed by atoms with Crippen molar-refractivity contribution in [2.45, 2.75) is 45.2 Å². The number of hydrogen-bond donors (Lipinski definition) is 2. The minimum atomic E-state index is 0. The van der Waals surface area contributed by atoms with Gasteiger partial charge >= 0.3 is 0 Å². The van der Waals surface area contributed by atoms with Gasteiger partial charge in [0, 0.05) is 25.2 Å². The first-order valence-electron chi connectivity index (χ1n) is 8.98. The molecule has 1 aliphatic heterocycles. The van der Waals surface area contributed by atoms with Crippen molar-refractivity contribution in [3.63, 3.8) is 0 Å². The molecule has 2 aliphatic rings. The zero-order valence-corrected chi connectivity index (χ0v) is 15.7. The third-order valence-corrected chi connectivity index (χ3v) is 5.01. The maximum Gasteiger partial charge on any atom is 0.119 e. The molecule has 1 aromatic carbocycles. The van der Waals surface area contributed by atoms with Crippen molar-refractivity contribution in [3.05, 3.63) is 29.3 Å². The van der Waals surface area contributed by atoms with Crippen molar-refractivity contribution < 1.29 is 9.47 Å². The molecule has 1 saturated heterocycles. The third-order valence-electron chi connectivity index (χ3n) is 5.01. The molecule has 2 N–H and O–H groups in total. The first kappa shape index (κ1) is 19.5. The molecule has 136 valence electrons. The first-order valence-corrected chi connectivity index (χ1v) is 8.98. The van der Waals surface area contributed by atoms with Crippen LogP contribution >= 0.6 is 12.4 Å². The molecule has 2 fully saturated rings. The molecule has 0 bridgehead atoms. The van der Waals surface area contributed by atoms with E-state index in [9.17, 15) is 0 Å². The Morgan fingerprint density at radius 2 is 2.00 bits per heavy atom. The number of halogens is 1. The molecule has 0 spiro atoms. The summed E-state index contributed by atoms with van der Waals surface area (Å²) in [5.74, 6) is 1.67. The second-order valence-electron chi connectivity index (χ2n) is 6.96. The van der Waals surface area contributed by atoms with E-state index in [0.29, 0.717) is 18.0 Å². The lowest BCUT2D eigenvalue weighted by Gasteiger charge is -2.33. The van der Waals surface area contributed by atoms with Gasteiger partial charge in [-0.1, -0.05) is 12.5 Å². The van der Waals surface area contributed by atoms with Crippen LogP contribution in [-0.4, -0.2) is 45.0 Å². The van der Waals surface area contributed by atoms with Crippen molar-refractivity contribution in [1.29, 1.82) is 0 Å². The van der Waals surface area contributed by atoms with Crippen molar-refractivity contribution in [2.24, 2.45) is 5.92 Å². The van der Waals surface area contributed by atoms with Gasteiger partial charge in [0.2, 0.25) is 0 Å². The van der Waals surface area contributed by atoms with Crippen LogP contribution in [0.15, 0.2) is 18.2 Å². The van der Waals surface area contributed by atoms with E-state index in [4.69, 9.17) is 9.47 Å². The van der Waals surface area contributed by atoms with Crippen LogP contribution in [-0.2, 0) is 4.74 Å². The number of rotatable bonds is 6. The van der Waals surface area contributed by atoms with Crippen molar-refractivity contribution in [1.82, 2.24) is 10.6 Å². The quantitative estimate of drug-likeness (QED) is 0.771. The Morgan fingerprint density at radius 3 is 2.71 bits per heavy atom. The van der Waals surface area contributed by atoms with E-state index in [-0.39, 0.29) is 12.4 Å². The van der Waals surface area contributed by atoms with Crippen LogP contribution in [0.4, 0.5) is 0 Å². The minimum Gasteiger partial charge on any atom is -0.492 e. The van der Waals surface area contributed by atoms with Crippen molar-refractivity contribution in [2.75, 3.05) is 32.9 Å². The molecule has 5 heteroatoms. The van der Waals surface area contributed by atoms with Gasteiger partial charge in [0.1, 0.15) is 12.4 Å². The SMILES string of the molecule is Cc1cc(C)cc(OCCNC2CCCC2C2COCCN2)c1.Cl. The van der Waals surface area contributed by atoms with Gasteiger partial charge in [-0.05, 0) is 55.9 Å². The van der Waals surface area contributed by atoms with Gasteiger partial charge in [-0.2, -0.15) is 0 Å². The first-order chi connectivity index (χ1) is 11.2. The number of hydrogen-bond acceptors (Lipinski definition) is 4. The largest absolute Gasteiger partial charge is 0.492 e. The summed E-state index contributed by atoms with van der Waals surface area (Å²) in [6.07, 6.45) is 3.89. The van der Waals surface area contributed by atoms with Gasteiger partial charge in [-0.15, -0.1) is 12.4 Å². The van der Waals surface area contributed by atoms with E-state index in [2.05, 4.69) is 42.7 Å². The summed E-state index contributed by atoms with van der Waals surface area (Å²) in [5, 5.41) is 7.33. The second kappa shape index (κ2) is 9.62. The maximum absolute atomic E-state index is 5.91. The van der Waals surface area contributed by atoms with E-state index >= 15 is 0 Å². The Balaban J connectivity index is 0.00000208. The van der Waals surface area contributed by atoms with Gasteiger partial charge in [-0.3, -0.25) is 0 Å². The summed E-state index contributed by atoms with van der Waals surface area (Å²) < 4.78 is 11.5. The number of nitrogens with one attached hydrogen (secondary N) is 2. The van der Waals surface area contributed by atoms with Gasteiger partial charge < -0.3 is 20.1 Å². The number of benzene rings is 1. The maximum atomic E-state index is 5.91. The van der Waals surface area contributed by atoms with E-state index < -0.39 is 0 Å². The van der Waals surface area contributed by atoms with E-state index in [1.165, 1.54) is 30.4 Å². The van der Waals surface area contributed by atoms with Crippen molar-refractivity contribution in [3.8, 4) is 5.75 Å². The smallest absolute Gasteiger partial charge is 0.119 e. The summed E-state index contributed by atoms with van der Waals surface area (Å²) >= 11 is 0. The molecule has 3 rings (SSSR count). The average molecular weight is 355 g/mol. The Kier molecular flexibility index (Phi) is 7.82. The number of aryl methyl sites for hydroxylation is 2. The fourth-order valence-corrected chi connectivity index (χ4v) is 4.01. The average Bonchev–Trinajstić information content (AvgIpc) is 3.00. The molecule has 3 unspecified atom stereocenters. The fraction of sp³-hybridized carbons (Fsp3) is 0.684. The lowest BCUT2D eigenvalue weighted by molar-refractivity contribution is 0.0523. The topological polar surface area (TPSA) is 42.5 Å². The highest BCUT2D eigenvalue weighted by Gasteiger charge is 2.34. The second-order valence-corrected chi connectivity index (χ2v) is 6.96. The molecule has 1 heterocycles. The summed E-state index contributed by atoms with van der Waals surface area (Å²) in [4.78, 5) is 0. The van der Waals surface area contributed by atoms with Crippen LogP contribution in [0.5, 0.6) is 5.75 Å². The Bertz CT molecular complexity index is 486. The Morgan fingerprint density at radius 1 is 1.21 bits per heavy atom. The molecular weight excluding hydrogens is 324 g/mol. The fourth-order valence-electron chi connectivity index (χ4n) is 4.01. The van der Waals surface area contributed by atoms with E-state index in [0.717, 1.165) is 38.7 Å².